The molecule has 0 bridgehead atoms. The number of hydrogen-bond acceptors (Lipinski definition) is 5. The van der Waals surface area contributed by atoms with Crippen LogP contribution in [0.25, 0.3) is 11.3 Å². The topological polar surface area (TPSA) is 67.8 Å². The summed E-state index contributed by atoms with van der Waals surface area (Å²) in [5.41, 5.74) is 3.22. The molecule has 0 spiro atoms. The minimum absolute atomic E-state index is 0.247. The normalized spacial score (nSPS) is 10.3. The maximum atomic E-state index is 12.0. The van der Waals surface area contributed by atoms with Gasteiger partial charge in [0.1, 0.15) is 5.69 Å². The van der Waals surface area contributed by atoms with Gasteiger partial charge < -0.3 is 5.32 Å². The van der Waals surface area contributed by atoms with Gasteiger partial charge in [0.2, 0.25) is 0 Å². The largest absolute Gasteiger partial charge is 0.346 e. The Morgan fingerprint density at radius 1 is 1.19 bits per heavy atom. The van der Waals surface area contributed by atoms with Crippen LogP contribution < -0.4 is 5.32 Å². The van der Waals surface area contributed by atoms with Crippen LogP contribution in [0.4, 0.5) is 0 Å². The SMILES string of the molecule is O=C(NCc1cccnc1-c1ccsc1)c1cnccn1. The van der Waals surface area contributed by atoms with Gasteiger partial charge in [-0.1, -0.05) is 6.07 Å². The molecule has 0 radical (unpaired) electrons. The van der Waals surface area contributed by atoms with Crippen LogP contribution in [0.1, 0.15) is 16.1 Å². The van der Waals surface area contributed by atoms with Gasteiger partial charge in [0, 0.05) is 36.1 Å². The Morgan fingerprint density at radius 3 is 2.90 bits per heavy atom. The fraction of sp³-hybridized carbons (Fsp3) is 0.0667. The summed E-state index contributed by atoms with van der Waals surface area (Å²) in [7, 11) is 0. The van der Waals surface area contributed by atoms with E-state index in [9.17, 15) is 4.79 Å². The second-order valence-electron chi connectivity index (χ2n) is 4.30. The highest BCUT2D eigenvalue weighted by Gasteiger charge is 2.10. The number of rotatable bonds is 4. The summed E-state index contributed by atoms with van der Waals surface area (Å²) in [6.07, 6.45) is 6.22. The van der Waals surface area contributed by atoms with Gasteiger partial charge >= 0.3 is 0 Å². The number of thiophene rings is 1. The molecule has 5 nitrogen and oxygen atoms in total. The summed E-state index contributed by atoms with van der Waals surface area (Å²) in [5.74, 6) is -0.247. The number of carbonyl (C=O) groups is 1. The predicted molar refractivity (Wildman–Crippen MR) is 80.8 cm³/mol. The molecule has 6 heteroatoms. The maximum absolute atomic E-state index is 12.0. The lowest BCUT2D eigenvalue weighted by molar-refractivity contribution is 0.0945. The molecule has 1 N–H and O–H groups in total. The van der Waals surface area contributed by atoms with Gasteiger partial charge in [-0.3, -0.25) is 14.8 Å². The van der Waals surface area contributed by atoms with E-state index in [1.165, 1.54) is 18.6 Å². The van der Waals surface area contributed by atoms with Crippen molar-refractivity contribution in [1.29, 1.82) is 0 Å². The molecule has 0 aliphatic rings. The van der Waals surface area contributed by atoms with Crippen molar-refractivity contribution in [3.05, 3.63) is 65.0 Å². The molecule has 0 aliphatic heterocycles. The molecule has 0 saturated heterocycles. The van der Waals surface area contributed by atoms with Crippen LogP contribution in [-0.2, 0) is 6.54 Å². The Balaban J connectivity index is 1.76. The molecule has 0 saturated carbocycles. The zero-order chi connectivity index (χ0) is 14.5. The van der Waals surface area contributed by atoms with Gasteiger partial charge in [0.25, 0.3) is 5.91 Å². The number of pyridine rings is 1. The number of carbonyl (C=O) groups excluding carboxylic acids is 1. The van der Waals surface area contributed by atoms with Crippen molar-refractivity contribution in [2.75, 3.05) is 0 Å². The Morgan fingerprint density at radius 2 is 2.14 bits per heavy atom. The van der Waals surface area contributed by atoms with E-state index in [4.69, 9.17) is 0 Å². The highest BCUT2D eigenvalue weighted by Crippen LogP contribution is 2.23. The predicted octanol–water partition coefficient (Wildman–Crippen LogP) is 2.53. The monoisotopic (exact) mass is 296 g/mol. The minimum atomic E-state index is -0.247. The maximum Gasteiger partial charge on any atom is 0.271 e. The van der Waals surface area contributed by atoms with E-state index in [0.29, 0.717) is 12.2 Å². The van der Waals surface area contributed by atoms with E-state index >= 15 is 0 Å². The zero-order valence-electron chi connectivity index (χ0n) is 11.1. The third-order valence-electron chi connectivity index (χ3n) is 2.92. The third-order valence-corrected chi connectivity index (χ3v) is 3.60. The Kier molecular flexibility index (Phi) is 3.97. The minimum Gasteiger partial charge on any atom is -0.346 e. The lowest BCUT2D eigenvalue weighted by Crippen LogP contribution is -2.24. The van der Waals surface area contributed by atoms with Crippen LogP contribution in [-0.4, -0.2) is 20.9 Å². The molecule has 0 unspecified atom stereocenters. The third kappa shape index (κ3) is 3.11. The Hall–Kier alpha value is -2.60. The summed E-state index contributed by atoms with van der Waals surface area (Å²) in [6, 6.07) is 5.83. The molecule has 0 atom stereocenters. The van der Waals surface area contributed by atoms with Crippen LogP contribution in [0.5, 0.6) is 0 Å². The van der Waals surface area contributed by atoms with Crippen molar-refractivity contribution in [3.63, 3.8) is 0 Å². The van der Waals surface area contributed by atoms with E-state index in [-0.39, 0.29) is 5.91 Å². The number of hydrogen-bond donors (Lipinski definition) is 1. The average molecular weight is 296 g/mol. The molecular weight excluding hydrogens is 284 g/mol. The summed E-state index contributed by atoms with van der Waals surface area (Å²) in [4.78, 5) is 24.2. The standard InChI is InChI=1S/C15H12N4OS/c20-15(13-9-16-5-6-17-13)19-8-11-2-1-4-18-14(11)12-3-7-21-10-12/h1-7,9-10H,8H2,(H,19,20). The van der Waals surface area contributed by atoms with Crippen LogP contribution >= 0.6 is 11.3 Å². The van der Waals surface area contributed by atoms with Crippen LogP contribution in [0.3, 0.4) is 0 Å². The van der Waals surface area contributed by atoms with Gasteiger partial charge in [-0.2, -0.15) is 11.3 Å². The molecule has 0 aliphatic carbocycles. The number of aromatic nitrogens is 3. The molecule has 3 heterocycles. The molecule has 0 fully saturated rings. The molecule has 0 aromatic carbocycles. The van der Waals surface area contributed by atoms with E-state index < -0.39 is 0 Å². The Labute approximate surface area is 125 Å². The molecule has 1 amide bonds. The smallest absolute Gasteiger partial charge is 0.271 e. The van der Waals surface area contributed by atoms with Crippen LogP contribution in [0.2, 0.25) is 0 Å². The number of nitrogens with one attached hydrogen (secondary N) is 1. The van der Waals surface area contributed by atoms with Crippen molar-refractivity contribution in [3.8, 4) is 11.3 Å². The van der Waals surface area contributed by atoms with Gasteiger partial charge in [-0.25, -0.2) is 4.98 Å². The van der Waals surface area contributed by atoms with Crippen molar-refractivity contribution in [2.24, 2.45) is 0 Å². The van der Waals surface area contributed by atoms with Gasteiger partial charge in [0.05, 0.1) is 11.9 Å². The molecule has 3 rings (SSSR count). The highest BCUT2D eigenvalue weighted by molar-refractivity contribution is 7.08. The molecule has 104 valence electrons. The summed E-state index contributed by atoms with van der Waals surface area (Å²) < 4.78 is 0. The van der Waals surface area contributed by atoms with E-state index in [1.807, 2.05) is 29.0 Å². The summed E-state index contributed by atoms with van der Waals surface area (Å²) in [5, 5.41) is 6.88. The fourth-order valence-electron chi connectivity index (χ4n) is 1.92. The van der Waals surface area contributed by atoms with Crippen molar-refractivity contribution >= 4 is 17.2 Å². The van der Waals surface area contributed by atoms with Gasteiger partial charge in [-0.05, 0) is 23.1 Å². The number of nitrogens with zero attached hydrogens (tertiary/aromatic N) is 3. The second kappa shape index (κ2) is 6.23. The zero-order valence-corrected chi connectivity index (χ0v) is 11.9. The Bertz CT molecular complexity index is 728. The molecule has 21 heavy (non-hydrogen) atoms. The highest BCUT2D eigenvalue weighted by atomic mass is 32.1. The number of amides is 1. The molecule has 3 aromatic heterocycles. The quantitative estimate of drug-likeness (QED) is 0.803. The molecule has 3 aromatic rings. The van der Waals surface area contributed by atoms with Crippen LogP contribution in [0.15, 0.2) is 53.7 Å². The summed E-state index contributed by atoms with van der Waals surface area (Å²) >= 11 is 1.62. The first-order valence-corrected chi connectivity index (χ1v) is 7.29. The van der Waals surface area contributed by atoms with Gasteiger partial charge in [0.15, 0.2) is 0 Å². The lowest BCUT2D eigenvalue weighted by Gasteiger charge is -2.08. The molecular formula is C15H12N4OS. The van der Waals surface area contributed by atoms with E-state index in [1.54, 1.807) is 17.5 Å². The first-order chi connectivity index (χ1) is 10.3. The van der Waals surface area contributed by atoms with E-state index in [2.05, 4.69) is 20.3 Å². The fourth-order valence-corrected chi connectivity index (χ4v) is 2.56. The summed E-state index contributed by atoms with van der Waals surface area (Å²) in [6.45, 7) is 0.397. The lowest BCUT2D eigenvalue weighted by atomic mass is 10.1. The average Bonchev–Trinajstić information content (AvgIpc) is 3.08. The van der Waals surface area contributed by atoms with Gasteiger partial charge in [-0.15, -0.1) is 0 Å². The van der Waals surface area contributed by atoms with Crippen molar-refractivity contribution < 1.29 is 4.79 Å². The first-order valence-electron chi connectivity index (χ1n) is 6.35. The van der Waals surface area contributed by atoms with Crippen molar-refractivity contribution in [1.82, 2.24) is 20.3 Å². The first kappa shape index (κ1) is 13.4. The van der Waals surface area contributed by atoms with Crippen LogP contribution in [0, 0.1) is 0 Å². The second-order valence-corrected chi connectivity index (χ2v) is 5.08. The van der Waals surface area contributed by atoms with E-state index in [0.717, 1.165) is 16.8 Å². The van der Waals surface area contributed by atoms with Crippen molar-refractivity contribution in [2.45, 2.75) is 6.54 Å².